The van der Waals surface area contributed by atoms with Gasteiger partial charge >= 0.3 is 5.97 Å². The van der Waals surface area contributed by atoms with Crippen molar-refractivity contribution in [3.8, 4) is 11.1 Å². The Balaban J connectivity index is 2.06. The highest BCUT2D eigenvalue weighted by molar-refractivity contribution is 9.10. The van der Waals surface area contributed by atoms with Gasteiger partial charge in [0.1, 0.15) is 23.0 Å². The number of fused-ring (bicyclic) bond motifs is 1. The molecular formula is C20H18BrF2N3O3. The molecule has 1 aliphatic rings. The van der Waals surface area contributed by atoms with Gasteiger partial charge in [-0.3, -0.25) is 0 Å². The summed E-state index contributed by atoms with van der Waals surface area (Å²) in [5, 5.41) is 9.78. The first-order chi connectivity index (χ1) is 13.6. The van der Waals surface area contributed by atoms with Crippen molar-refractivity contribution in [3.05, 3.63) is 45.8 Å². The maximum absolute atomic E-state index is 14.5. The van der Waals surface area contributed by atoms with E-state index in [0.717, 1.165) is 18.2 Å². The zero-order chi connectivity index (χ0) is 21.1. The molecule has 3 heterocycles. The van der Waals surface area contributed by atoms with Crippen molar-refractivity contribution in [1.82, 2.24) is 14.5 Å². The third-order valence-corrected chi connectivity index (χ3v) is 6.08. The molecule has 1 aromatic carbocycles. The van der Waals surface area contributed by atoms with Gasteiger partial charge in [0.25, 0.3) is 0 Å². The summed E-state index contributed by atoms with van der Waals surface area (Å²) in [6, 6.07) is 2.79. The van der Waals surface area contributed by atoms with Crippen LogP contribution in [0.15, 0.2) is 22.7 Å². The van der Waals surface area contributed by atoms with Gasteiger partial charge in [-0.05, 0) is 41.1 Å². The van der Waals surface area contributed by atoms with Crippen LogP contribution in [-0.2, 0) is 4.74 Å². The summed E-state index contributed by atoms with van der Waals surface area (Å²) < 4.78 is 36.0. The molecule has 3 aromatic rings. The molecule has 1 aliphatic heterocycles. The lowest BCUT2D eigenvalue weighted by Crippen LogP contribution is -2.26. The van der Waals surface area contributed by atoms with Gasteiger partial charge in [0, 0.05) is 16.5 Å². The number of hydrogen-bond donors (Lipinski definition) is 1. The number of carboxylic acid groups (broad SMARTS) is 1. The highest BCUT2D eigenvalue weighted by atomic mass is 79.9. The second-order valence-corrected chi connectivity index (χ2v) is 8.59. The molecule has 4 rings (SSSR count). The third-order valence-electron chi connectivity index (χ3n) is 5.31. The number of nitrogens with zero attached hydrogens (tertiary/aromatic N) is 3. The van der Waals surface area contributed by atoms with Gasteiger partial charge in [0.15, 0.2) is 11.3 Å². The minimum absolute atomic E-state index is 0.0476. The summed E-state index contributed by atoms with van der Waals surface area (Å²) in [4.78, 5) is 20.9. The highest BCUT2D eigenvalue weighted by Gasteiger charge is 2.39. The molecule has 0 bridgehead atoms. The van der Waals surface area contributed by atoms with Crippen LogP contribution >= 0.6 is 15.9 Å². The zero-order valence-electron chi connectivity index (χ0n) is 16.0. The lowest BCUT2D eigenvalue weighted by molar-refractivity contribution is 0.0691. The fourth-order valence-corrected chi connectivity index (χ4v) is 4.48. The van der Waals surface area contributed by atoms with Crippen molar-refractivity contribution < 1.29 is 23.4 Å². The minimum atomic E-state index is -1.35. The fourth-order valence-electron chi connectivity index (χ4n) is 3.81. The fraction of sp³-hybridized carbons (Fsp3) is 0.350. The first-order valence-electron chi connectivity index (χ1n) is 8.96. The van der Waals surface area contributed by atoms with E-state index in [2.05, 4.69) is 39.7 Å². The monoisotopic (exact) mass is 465 g/mol. The predicted molar refractivity (Wildman–Crippen MR) is 106 cm³/mol. The lowest BCUT2D eigenvalue weighted by Gasteiger charge is -2.27. The second-order valence-electron chi connectivity index (χ2n) is 7.80. The number of carboxylic acids is 1. The lowest BCUT2D eigenvalue weighted by atomic mass is 9.87. The van der Waals surface area contributed by atoms with Gasteiger partial charge in [0.05, 0.1) is 23.7 Å². The van der Waals surface area contributed by atoms with E-state index in [1.54, 1.807) is 6.92 Å². The molecular weight excluding hydrogens is 448 g/mol. The van der Waals surface area contributed by atoms with Crippen LogP contribution in [0.4, 0.5) is 8.78 Å². The normalized spacial score (nSPS) is 18.5. The summed E-state index contributed by atoms with van der Waals surface area (Å²) in [7, 11) is 0. The van der Waals surface area contributed by atoms with Crippen molar-refractivity contribution >= 4 is 33.1 Å². The molecule has 0 aliphatic carbocycles. The Kier molecular flexibility index (Phi) is 4.70. The molecule has 1 atom stereocenters. The van der Waals surface area contributed by atoms with Crippen LogP contribution in [0, 0.1) is 24.0 Å². The average molecular weight is 466 g/mol. The molecule has 1 fully saturated rings. The molecule has 0 spiro atoms. The van der Waals surface area contributed by atoms with Crippen molar-refractivity contribution in [2.75, 3.05) is 13.2 Å². The summed E-state index contributed by atoms with van der Waals surface area (Å²) >= 11 is 3.38. The third kappa shape index (κ3) is 3.12. The Morgan fingerprint density at radius 3 is 2.69 bits per heavy atom. The number of pyridine rings is 1. The van der Waals surface area contributed by atoms with Crippen LogP contribution < -0.4 is 0 Å². The molecule has 9 heteroatoms. The Morgan fingerprint density at radius 2 is 2.07 bits per heavy atom. The standard InChI is InChI=1S/C20H18BrF2N3O3/c1-9-24-17-15(21)14(11-6-10(22)4-5-12(11)23)16(19(27)28)25-18(17)26(9)13-7-29-8-20(13,2)3/h4-6,13H,7-8H2,1-3H3,(H,27,28)/t13-/m1/s1. The second kappa shape index (κ2) is 6.84. The van der Waals surface area contributed by atoms with Gasteiger partial charge in [-0.2, -0.15) is 0 Å². The maximum Gasteiger partial charge on any atom is 0.355 e. The van der Waals surface area contributed by atoms with E-state index >= 15 is 0 Å². The topological polar surface area (TPSA) is 77.2 Å². The first kappa shape index (κ1) is 19.9. The maximum atomic E-state index is 14.5. The van der Waals surface area contributed by atoms with Gasteiger partial charge in [0.2, 0.25) is 0 Å². The largest absolute Gasteiger partial charge is 0.476 e. The van der Waals surface area contributed by atoms with E-state index < -0.39 is 17.6 Å². The SMILES string of the molecule is Cc1nc2c(Br)c(-c3cc(F)ccc3F)c(C(=O)O)nc2n1[C@@H]1COCC1(C)C. The van der Waals surface area contributed by atoms with E-state index in [4.69, 9.17) is 4.74 Å². The van der Waals surface area contributed by atoms with E-state index in [1.807, 2.05) is 4.57 Å². The van der Waals surface area contributed by atoms with E-state index in [0.29, 0.717) is 30.2 Å². The van der Waals surface area contributed by atoms with Crippen molar-refractivity contribution in [3.63, 3.8) is 0 Å². The number of aryl methyl sites for hydroxylation is 1. The zero-order valence-corrected chi connectivity index (χ0v) is 17.5. The number of aromatic carboxylic acids is 1. The molecule has 1 saturated heterocycles. The number of aromatic nitrogens is 3. The number of halogens is 3. The predicted octanol–water partition coefficient (Wildman–Crippen LogP) is 4.74. The number of benzene rings is 1. The van der Waals surface area contributed by atoms with Crippen LogP contribution in [0.5, 0.6) is 0 Å². The molecule has 0 radical (unpaired) electrons. The van der Waals surface area contributed by atoms with Crippen molar-refractivity contribution in [2.24, 2.45) is 5.41 Å². The Labute approximate surface area is 173 Å². The quantitative estimate of drug-likeness (QED) is 0.604. The Hall–Kier alpha value is -2.39. The molecule has 1 N–H and O–H groups in total. The summed E-state index contributed by atoms with van der Waals surface area (Å²) in [6.45, 7) is 6.90. The van der Waals surface area contributed by atoms with Crippen molar-refractivity contribution in [1.29, 1.82) is 0 Å². The summed E-state index contributed by atoms with van der Waals surface area (Å²) in [5.41, 5.74) is -0.0889. The molecule has 0 amide bonds. The number of ether oxygens (including phenoxy) is 1. The van der Waals surface area contributed by atoms with Crippen LogP contribution in [0.2, 0.25) is 0 Å². The number of imidazole rings is 1. The Bertz CT molecular complexity index is 1160. The van der Waals surface area contributed by atoms with Crippen LogP contribution in [-0.4, -0.2) is 38.8 Å². The van der Waals surface area contributed by atoms with Gasteiger partial charge in [-0.15, -0.1) is 0 Å². The number of hydrogen-bond acceptors (Lipinski definition) is 4. The van der Waals surface area contributed by atoms with Crippen LogP contribution in [0.25, 0.3) is 22.3 Å². The van der Waals surface area contributed by atoms with E-state index in [-0.39, 0.29) is 32.8 Å². The molecule has 0 unspecified atom stereocenters. The number of rotatable bonds is 3. The summed E-state index contributed by atoms with van der Waals surface area (Å²) in [5.74, 6) is -2.16. The average Bonchev–Trinajstić information content (AvgIpc) is 3.15. The highest BCUT2D eigenvalue weighted by Crippen LogP contribution is 2.42. The van der Waals surface area contributed by atoms with Crippen molar-refractivity contribution in [2.45, 2.75) is 26.8 Å². The van der Waals surface area contributed by atoms with Gasteiger partial charge < -0.3 is 14.4 Å². The van der Waals surface area contributed by atoms with E-state index in [9.17, 15) is 18.7 Å². The first-order valence-corrected chi connectivity index (χ1v) is 9.75. The van der Waals surface area contributed by atoms with Gasteiger partial charge in [-0.1, -0.05) is 13.8 Å². The van der Waals surface area contributed by atoms with Gasteiger partial charge in [-0.25, -0.2) is 23.5 Å². The molecule has 152 valence electrons. The molecule has 29 heavy (non-hydrogen) atoms. The van der Waals surface area contributed by atoms with E-state index in [1.165, 1.54) is 0 Å². The van der Waals surface area contributed by atoms with Crippen LogP contribution in [0.3, 0.4) is 0 Å². The van der Waals surface area contributed by atoms with Crippen LogP contribution in [0.1, 0.15) is 36.2 Å². The Morgan fingerprint density at radius 1 is 1.34 bits per heavy atom. The smallest absolute Gasteiger partial charge is 0.355 e. The summed E-state index contributed by atoms with van der Waals surface area (Å²) in [6.07, 6.45) is 0. The number of carbonyl (C=O) groups is 1. The minimum Gasteiger partial charge on any atom is -0.476 e. The molecule has 0 saturated carbocycles. The molecule has 2 aromatic heterocycles. The molecule has 6 nitrogen and oxygen atoms in total.